The third-order valence-electron chi connectivity index (χ3n) is 3.68. The molecule has 3 rings (SSSR count). The van der Waals surface area contributed by atoms with Crippen molar-refractivity contribution in [1.82, 2.24) is 15.2 Å². The number of hydrogen-bond donors (Lipinski definition) is 2. The van der Waals surface area contributed by atoms with E-state index >= 15 is 0 Å². The largest absolute Gasteiger partial charge is 0.416 e. The second kappa shape index (κ2) is 7.96. The molecule has 1 aliphatic rings. The SMILES string of the molecule is O=C(CSc1ncn[nH]1)Nc1cc(C(F)(F)F)ccc1N1CCOCC1. The molecule has 2 N–H and O–H groups in total. The Morgan fingerprint density at radius 1 is 1.35 bits per heavy atom. The molecule has 1 aromatic heterocycles. The van der Waals surface area contributed by atoms with E-state index in [1.54, 1.807) is 0 Å². The van der Waals surface area contributed by atoms with Crippen LogP contribution in [-0.4, -0.2) is 53.1 Å². The van der Waals surface area contributed by atoms with Crippen LogP contribution in [-0.2, 0) is 15.7 Å². The molecule has 2 aromatic rings. The second-order valence-electron chi connectivity index (χ2n) is 5.46. The number of alkyl halides is 3. The predicted molar refractivity (Wildman–Crippen MR) is 90.2 cm³/mol. The molecule has 0 spiro atoms. The molecule has 0 aliphatic carbocycles. The van der Waals surface area contributed by atoms with Crippen LogP contribution in [0, 0.1) is 0 Å². The third-order valence-corrected chi connectivity index (χ3v) is 4.56. The van der Waals surface area contributed by atoms with Gasteiger partial charge in [0, 0.05) is 13.1 Å². The predicted octanol–water partition coefficient (Wildman–Crippen LogP) is 2.39. The Hall–Kier alpha value is -2.27. The highest BCUT2D eigenvalue weighted by molar-refractivity contribution is 7.99. The van der Waals surface area contributed by atoms with Gasteiger partial charge < -0.3 is 15.0 Å². The van der Waals surface area contributed by atoms with Crippen LogP contribution in [0.5, 0.6) is 0 Å². The van der Waals surface area contributed by atoms with Crippen LogP contribution in [0.15, 0.2) is 29.7 Å². The second-order valence-corrected chi connectivity index (χ2v) is 6.42. The van der Waals surface area contributed by atoms with E-state index in [0.717, 1.165) is 23.9 Å². The summed E-state index contributed by atoms with van der Waals surface area (Å²) in [7, 11) is 0. The van der Waals surface area contributed by atoms with Crippen LogP contribution < -0.4 is 10.2 Å². The Morgan fingerprint density at radius 2 is 2.12 bits per heavy atom. The summed E-state index contributed by atoms with van der Waals surface area (Å²) in [6, 6.07) is 3.36. The smallest absolute Gasteiger partial charge is 0.378 e. The minimum atomic E-state index is -4.49. The molecular formula is C15H16F3N5O2S. The van der Waals surface area contributed by atoms with Crippen LogP contribution in [0.25, 0.3) is 0 Å². The number of ether oxygens (including phenoxy) is 1. The number of carbonyl (C=O) groups is 1. The monoisotopic (exact) mass is 387 g/mol. The van der Waals surface area contributed by atoms with E-state index < -0.39 is 17.6 Å². The van der Waals surface area contributed by atoms with E-state index in [0.29, 0.717) is 37.1 Å². The fraction of sp³-hybridized carbons (Fsp3) is 0.400. The molecule has 0 bridgehead atoms. The number of rotatable bonds is 5. The van der Waals surface area contributed by atoms with E-state index in [-0.39, 0.29) is 11.4 Å². The van der Waals surface area contributed by atoms with Gasteiger partial charge in [0.05, 0.1) is 35.9 Å². The summed E-state index contributed by atoms with van der Waals surface area (Å²) in [6.07, 6.45) is -3.18. The highest BCUT2D eigenvalue weighted by Crippen LogP contribution is 2.35. The number of hydrogen-bond acceptors (Lipinski definition) is 6. The Labute approximate surface area is 151 Å². The maximum Gasteiger partial charge on any atom is 0.416 e. The first kappa shape index (κ1) is 18.5. The van der Waals surface area contributed by atoms with Gasteiger partial charge in [-0.15, -0.1) is 0 Å². The van der Waals surface area contributed by atoms with Gasteiger partial charge in [-0.25, -0.2) is 4.98 Å². The maximum atomic E-state index is 13.0. The lowest BCUT2D eigenvalue weighted by Crippen LogP contribution is -2.37. The molecule has 0 atom stereocenters. The summed E-state index contributed by atoms with van der Waals surface area (Å²) in [6.45, 7) is 2.05. The highest BCUT2D eigenvalue weighted by atomic mass is 32.2. The summed E-state index contributed by atoms with van der Waals surface area (Å²) in [5.41, 5.74) is -0.142. The van der Waals surface area contributed by atoms with Crippen molar-refractivity contribution in [2.45, 2.75) is 11.3 Å². The van der Waals surface area contributed by atoms with Crippen molar-refractivity contribution in [1.29, 1.82) is 0 Å². The number of thioether (sulfide) groups is 1. The lowest BCUT2D eigenvalue weighted by atomic mass is 10.1. The number of morpholine rings is 1. The first-order valence-corrected chi connectivity index (χ1v) is 8.74. The number of H-pyrrole nitrogens is 1. The molecule has 1 amide bonds. The van der Waals surface area contributed by atoms with Crippen LogP contribution in [0.1, 0.15) is 5.56 Å². The third kappa shape index (κ3) is 4.67. The molecule has 26 heavy (non-hydrogen) atoms. The molecule has 1 fully saturated rings. The highest BCUT2D eigenvalue weighted by Gasteiger charge is 2.31. The van der Waals surface area contributed by atoms with E-state index in [1.165, 1.54) is 12.4 Å². The van der Waals surface area contributed by atoms with Crippen LogP contribution in [0.3, 0.4) is 0 Å². The Kier molecular flexibility index (Phi) is 5.67. The zero-order chi connectivity index (χ0) is 18.6. The van der Waals surface area contributed by atoms with Crippen molar-refractivity contribution in [3.05, 3.63) is 30.1 Å². The summed E-state index contributed by atoms with van der Waals surface area (Å²) >= 11 is 1.11. The zero-order valence-corrected chi connectivity index (χ0v) is 14.4. The van der Waals surface area contributed by atoms with Crippen molar-refractivity contribution in [3.8, 4) is 0 Å². The normalized spacial score (nSPS) is 15.1. The van der Waals surface area contributed by atoms with Crippen molar-refractivity contribution < 1.29 is 22.7 Å². The average Bonchev–Trinajstić information content (AvgIpc) is 3.13. The fourth-order valence-corrected chi connectivity index (χ4v) is 3.06. The first-order chi connectivity index (χ1) is 12.4. The van der Waals surface area contributed by atoms with E-state index in [9.17, 15) is 18.0 Å². The van der Waals surface area contributed by atoms with Gasteiger partial charge in [-0.3, -0.25) is 9.89 Å². The topological polar surface area (TPSA) is 83.1 Å². The molecule has 2 heterocycles. The van der Waals surface area contributed by atoms with Gasteiger partial charge in [0.1, 0.15) is 6.33 Å². The van der Waals surface area contributed by atoms with Gasteiger partial charge in [0.2, 0.25) is 5.91 Å². The van der Waals surface area contributed by atoms with Crippen LogP contribution in [0.4, 0.5) is 24.5 Å². The maximum absolute atomic E-state index is 13.0. The van der Waals surface area contributed by atoms with Gasteiger partial charge in [0.25, 0.3) is 0 Å². The molecule has 7 nitrogen and oxygen atoms in total. The zero-order valence-electron chi connectivity index (χ0n) is 13.5. The summed E-state index contributed by atoms with van der Waals surface area (Å²) in [5.74, 6) is -0.436. The summed E-state index contributed by atoms with van der Waals surface area (Å²) in [5, 5.41) is 9.30. The molecule has 11 heteroatoms. The van der Waals surface area contributed by atoms with E-state index in [1.807, 2.05) is 4.90 Å². The van der Waals surface area contributed by atoms with Gasteiger partial charge in [-0.2, -0.15) is 18.3 Å². The van der Waals surface area contributed by atoms with Gasteiger partial charge in [0.15, 0.2) is 5.16 Å². The number of carbonyl (C=O) groups excluding carboxylic acids is 1. The van der Waals surface area contributed by atoms with Crippen molar-refractivity contribution >= 4 is 29.0 Å². The van der Waals surface area contributed by atoms with Crippen LogP contribution >= 0.6 is 11.8 Å². The number of anilines is 2. The summed E-state index contributed by atoms with van der Waals surface area (Å²) < 4.78 is 44.4. The molecule has 140 valence electrons. The lowest BCUT2D eigenvalue weighted by molar-refractivity contribution is -0.137. The molecular weight excluding hydrogens is 371 g/mol. The Bertz CT molecular complexity index is 748. The minimum absolute atomic E-state index is 0.00596. The molecule has 0 saturated carbocycles. The van der Waals surface area contributed by atoms with Crippen molar-refractivity contribution in [3.63, 3.8) is 0 Å². The molecule has 0 radical (unpaired) electrons. The molecule has 1 aliphatic heterocycles. The quantitative estimate of drug-likeness (QED) is 0.767. The molecule has 1 saturated heterocycles. The van der Waals surface area contributed by atoms with E-state index in [4.69, 9.17) is 4.74 Å². The fourth-order valence-electron chi connectivity index (χ4n) is 2.48. The minimum Gasteiger partial charge on any atom is -0.378 e. The standard InChI is InChI=1S/C15H16F3N5O2S/c16-15(17,18)10-1-2-12(23-3-5-25-6-4-23)11(7-10)21-13(24)8-26-14-19-9-20-22-14/h1-2,7,9H,3-6,8H2,(H,21,24)(H,19,20,22). The number of aromatic nitrogens is 3. The number of nitrogens with one attached hydrogen (secondary N) is 2. The van der Waals surface area contributed by atoms with Gasteiger partial charge in [-0.1, -0.05) is 11.8 Å². The molecule has 1 aromatic carbocycles. The number of halogens is 3. The number of amides is 1. The lowest BCUT2D eigenvalue weighted by Gasteiger charge is -2.31. The van der Waals surface area contributed by atoms with E-state index in [2.05, 4.69) is 20.5 Å². The average molecular weight is 387 g/mol. The van der Waals surface area contributed by atoms with Gasteiger partial charge >= 0.3 is 6.18 Å². The van der Waals surface area contributed by atoms with Crippen molar-refractivity contribution in [2.24, 2.45) is 0 Å². The van der Waals surface area contributed by atoms with Gasteiger partial charge in [-0.05, 0) is 18.2 Å². The number of nitrogens with zero attached hydrogens (tertiary/aromatic N) is 3. The van der Waals surface area contributed by atoms with Crippen molar-refractivity contribution in [2.75, 3.05) is 42.3 Å². The molecule has 0 unspecified atom stereocenters. The summed E-state index contributed by atoms with van der Waals surface area (Å²) in [4.78, 5) is 18.0. The first-order valence-electron chi connectivity index (χ1n) is 7.75. The number of benzene rings is 1. The Morgan fingerprint density at radius 3 is 2.77 bits per heavy atom. The Balaban J connectivity index is 1.78. The van der Waals surface area contributed by atoms with Crippen LogP contribution in [0.2, 0.25) is 0 Å². The number of aromatic amines is 1.